The van der Waals surface area contributed by atoms with E-state index in [4.69, 9.17) is 5.73 Å². The fraction of sp³-hybridized carbons (Fsp3) is 0.0909. The second-order valence-electron chi connectivity index (χ2n) is 2.75. The number of para-hydroxylation sites is 1. The van der Waals surface area contributed by atoms with Crippen molar-refractivity contribution in [3.05, 3.63) is 36.0 Å². The Hall–Kier alpha value is -1.72. The predicted octanol–water partition coefficient (Wildman–Crippen LogP) is 1.48. The van der Waals surface area contributed by atoms with E-state index in [-0.39, 0.29) is 0 Å². The highest BCUT2D eigenvalue weighted by Gasteiger charge is 1.96. The summed E-state index contributed by atoms with van der Waals surface area (Å²) in [7, 11) is 0. The second-order valence-corrected chi connectivity index (χ2v) is 2.75. The van der Waals surface area contributed by atoms with E-state index in [2.05, 4.69) is 22.9 Å². The van der Waals surface area contributed by atoms with Gasteiger partial charge in [0, 0.05) is 17.1 Å². The highest BCUT2D eigenvalue weighted by atomic mass is 14.7. The molecule has 0 saturated carbocycles. The lowest BCUT2D eigenvalue weighted by Gasteiger charge is -1.92. The smallest absolute Gasteiger partial charge is 0.0612 e. The van der Waals surface area contributed by atoms with Crippen molar-refractivity contribution in [1.29, 1.82) is 0 Å². The lowest BCUT2D eigenvalue weighted by atomic mass is 10.1. The van der Waals surface area contributed by atoms with Crippen LogP contribution in [0.15, 0.2) is 30.5 Å². The number of nitrogens with one attached hydrogen (secondary N) is 1. The van der Waals surface area contributed by atoms with E-state index in [0.29, 0.717) is 6.54 Å². The minimum absolute atomic E-state index is 0.400. The van der Waals surface area contributed by atoms with Crippen molar-refractivity contribution in [3.8, 4) is 11.8 Å². The zero-order valence-corrected chi connectivity index (χ0v) is 7.17. The summed E-state index contributed by atoms with van der Waals surface area (Å²) < 4.78 is 0. The Balaban J connectivity index is 2.61. The Morgan fingerprint density at radius 1 is 1.31 bits per heavy atom. The largest absolute Gasteiger partial charge is 0.360 e. The van der Waals surface area contributed by atoms with Crippen LogP contribution in [0.1, 0.15) is 5.56 Å². The van der Waals surface area contributed by atoms with Gasteiger partial charge in [-0.2, -0.15) is 0 Å². The van der Waals surface area contributed by atoms with E-state index in [1.807, 2.05) is 24.4 Å². The topological polar surface area (TPSA) is 41.8 Å². The molecule has 3 N–H and O–H groups in total. The first-order chi connectivity index (χ1) is 6.42. The van der Waals surface area contributed by atoms with E-state index in [1.165, 1.54) is 5.39 Å². The zero-order chi connectivity index (χ0) is 9.10. The first-order valence-electron chi connectivity index (χ1n) is 4.17. The summed E-state index contributed by atoms with van der Waals surface area (Å²) in [4.78, 5) is 3.15. The Kier molecular flexibility index (Phi) is 2.03. The molecule has 0 unspecified atom stereocenters. The maximum Gasteiger partial charge on any atom is 0.0612 e. The zero-order valence-electron chi connectivity index (χ0n) is 7.17. The van der Waals surface area contributed by atoms with Crippen LogP contribution in [-0.2, 0) is 0 Å². The molecule has 0 aliphatic heterocycles. The molecule has 2 nitrogen and oxygen atoms in total. The molecule has 0 bridgehead atoms. The molecular formula is C11H10N2. The molecule has 2 rings (SSSR count). The van der Waals surface area contributed by atoms with Gasteiger partial charge in [0.1, 0.15) is 0 Å². The molecular weight excluding hydrogens is 160 g/mol. The van der Waals surface area contributed by atoms with Gasteiger partial charge < -0.3 is 10.7 Å². The highest BCUT2D eigenvalue weighted by Crippen LogP contribution is 2.15. The van der Waals surface area contributed by atoms with Gasteiger partial charge in [-0.25, -0.2) is 0 Å². The number of nitrogens with two attached hydrogens (primary N) is 1. The van der Waals surface area contributed by atoms with Crippen LogP contribution >= 0.6 is 0 Å². The van der Waals surface area contributed by atoms with Crippen LogP contribution in [0.2, 0.25) is 0 Å². The molecule has 0 amide bonds. The molecule has 1 aromatic heterocycles. The summed E-state index contributed by atoms with van der Waals surface area (Å²) in [6, 6.07) is 8.07. The van der Waals surface area contributed by atoms with Crippen LogP contribution in [0.4, 0.5) is 0 Å². The van der Waals surface area contributed by atoms with Gasteiger partial charge in [-0.15, -0.1) is 0 Å². The predicted molar refractivity (Wildman–Crippen MR) is 54.2 cm³/mol. The molecule has 1 heterocycles. The van der Waals surface area contributed by atoms with Crippen LogP contribution in [0.25, 0.3) is 10.9 Å². The van der Waals surface area contributed by atoms with E-state index >= 15 is 0 Å². The highest BCUT2D eigenvalue weighted by molar-refractivity contribution is 5.85. The molecule has 0 radical (unpaired) electrons. The molecule has 64 valence electrons. The molecule has 1 aromatic carbocycles. The molecule has 0 fully saturated rings. The van der Waals surface area contributed by atoms with Crippen LogP contribution in [-0.4, -0.2) is 11.5 Å². The number of H-pyrrole nitrogens is 1. The number of hydrogen-bond acceptors (Lipinski definition) is 1. The van der Waals surface area contributed by atoms with Crippen molar-refractivity contribution in [2.75, 3.05) is 6.54 Å². The van der Waals surface area contributed by atoms with Crippen LogP contribution in [0.3, 0.4) is 0 Å². The van der Waals surface area contributed by atoms with E-state index in [1.54, 1.807) is 0 Å². The number of aromatic amines is 1. The van der Waals surface area contributed by atoms with Crippen molar-refractivity contribution in [1.82, 2.24) is 4.98 Å². The lowest BCUT2D eigenvalue weighted by molar-refractivity contribution is 1.30. The Morgan fingerprint density at radius 2 is 2.23 bits per heavy atom. The lowest BCUT2D eigenvalue weighted by Crippen LogP contribution is -1.93. The molecule has 0 aliphatic carbocycles. The minimum atomic E-state index is 0.400. The van der Waals surface area contributed by atoms with Gasteiger partial charge in [-0.05, 0) is 12.1 Å². The maximum atomic E-state index is 5.31. The first-order valence-corrected chi connectivity index (χ1v) is 4.17. The van der Waals surface area contributed by atoms with Gasteiger partial charge in [0.2, 0.25) is 0 Å². The quantitative estimate of drug-likeness (QED) is 0.578. The number of fused-ring (bicyclic) bond motifs is 1. The molecule has 13 heavy (non-hydrogen) atoms. The summed E-state index contributed by atoms with van der Waals surface area (Å²) in [5, 5.41) is 1.18. The fourth-order valence-corrected chi connectivity index (χ4v) is 1.34. The number of benzene rings is 1. The van der Waals surface area contributed by atoms with Gasteiger partial charge in [-0.3, -0.25) is 0 Å². The average molecular weight is 170 g/mol. The first kappa shape index (κ1) is 7.90. The Morgan fingerprint density at radius 3 is 3.08 bits per heavy atom. The van der Waals surface area contributed by atoms with Crippen molar-refractivity contribution in [2.45, 2.75) is 0 Å². The molecule has 0 spiro atoms. The van der Waals surface area contributed by atoms with Gasteiger partial charge in [0.05, 0.1) is 12.1 Å². The van der Waals surface area contributed by atoms with Crippen molar-refractivity contribution in [2.24, 2.45) is 5.73 Å². The van der Waals surface area contributed by atoms with Crippen LogP contribution in [0.5, 0.6) is 0 Å². The summed E-state index contributed by atoms with van der Waals surface area (Å²) in [6.45, 7) is 0.400. The molecule has 0 aliphatic rings. The van der Waals surface area contributed by atoms with Gasteiger partial charge >= 0.3 is 0 Å². The molecule has 2 heteroatoms. The van der Waals surface area contributed by atoms with Gasteiger partial charge in [-0.1, -0.05) is 24.0 Å². The Bertz CT molecular complexity index is 471. The summed E-state index contributed by atoms with van der Waals surface area (Å²) in [6.07, 6.45) is 1.91. The maximum absolute atomic E-state index is 5.31. The summed E-state index contributed by atoms with van der Waals surface area (Å²) in [5.74, 6) is 5.87. The van der Waals surface area contributed by atoms with Gasteiger partial charge in [0.15, 0.2) is 0 Å². The third-order valence-electron chi connectivity index (χ3n) is 1.91. The van der Waals surface area contributed by atoms with E-state index < -0.39 is 0 Å². The monoisotopic (exact) mass is 170 g/mol. The normalized spacial score (nSPS) is 9.62. The molecule has 2 aromatic rings. The van der Waals surface area contributed by atoms with Crippen molar-refractivity contribution < 1.29 is 0 Å². The summed E-state index contributed by atoms with van der Waals surface area (Å²) >= 11 is 0. The third kappa shape index (κ3) is 1.42. The van der Waals surface area contributed by atoms with Crippen molar-refractivity contribution in [3.63, 3.8) is 0 Å². The average Bonchev–Trinajstić information content (AvgIpc) is 2.62. The number of rotatable bonds is 0. The van der Waals surface area contributed by atoms with Crippen LogP contribution < -0.4 is 5.73 Å². The molecule has 0 atom stereocenters. The second kappa shape index (κ2) is 3.34. The van der Waals surface area contributed by atoms with Crippen LogP contribution in [0, 0.1) is 11.8 Å². The SMILES string of the molecule is NCC#Cc1cccc2cc[nH]c12. The molecule has 0 saturated heterocycles. The number of hydrogen-bond donors (Lipinski definition) is 2. The Labute approximate surface area is 76.8 Å². The van der Waals surface area contributed by atoms with E-state index in [0.717, 1.165) is 11.1 Å². The van der Waals surface area contributed by atoms with Crippen molar-refractivity contribution >= 4 is 10.9 Å². The number of aromatic nitrogens is 1. The third-order valence-corrected chi connectivity index (χ3v) is 1.91. The minimum Gasteiger partial charge on any atom is -0.360 e. The standard InChI is InChI=1S/C11H10N2/c12-7-2-5-9-3-1-4-10-6-8-13-11(9)10/h1,3-4,6,8,13H,7,12H2. The summed E-state index contributed by atoms with van der Waals surface area (Å²) in [5.41, 5.74) is 7.41. The van der Waals surface area contributed by atoms with Gasteiger partial charge in [0.25, 0.3) is 0 Å². The van der Waals surface area contributed by atoms with E-state index in [9.17, 15) is 0 Å². The fourth-order valence-electron chi connectivity index (χ4n) is 1.34.